The standard InChI is InChI=1S/C12H19N3O/c1-2-10-16-11-4-3-5-14-12(11)15-8-6-13-7-9-15/h3-5,13H,2,6-10H2,1H3. The lowest BCUT2D eigenvalue weighted by Crippen LogP contribution is -2.44. The van der Waals surface area contributed by atoms with Gasteiger partial charge in [-0.25, -0.2) is 4.98 Å². The lowest BCUT2D eigenvalue weighted by atomic mass is 10.3. The molecule has 1 fully saturated rings. The second-order valence-corrected chi connectivity index (χ2v) is 3.91. The maximum Gasteiger partial charge on any atom is 0.171 e. The molecule has 1 aromatic heterocycles. The largest absolute Gasteiger partial charge is 0.490 e. The third-order valence-electron chi connectivity index (χ3n) is 2.63. The summed E-state index contributed by atoms with van der Waals surface area (Å²) in [7, 11) is 0. The molecular weight excluding hydrogens is 202 g/mol. The van der Waals surface area contributed by atoms with E-state index in [0.717, 1.165) is 50.8 Å². The van der Waals surface area contributed by atoms with Crippen LogP contribution in [-0.4, -0.2) is 37.8 Å². The van der Waals surface area contributed by atoms with Gasteiger partial charge >= 0.3 is 0 Å². The second kappa shape index (κ2) is 5.70. The van der Waals surface area contributed by atoms with Gasteiger partial charge in [0.05, 0.1) is 6.61 Å². The molecule has 0 bridgehead atoms. The fourth-order valence-corrected chi connectivity index (χ4v) is 1.82. The van der Waals surface area contributed by atoms with Gasteiger partial charge in [0.2, 0.25) is 0 Å². The van der Waals surface area contributed by atoms with Crippen molar-refractivity contribution in [2.45, 2.75) is 13.3 Å². The van der Waals surface area contributed by atoms with Crippen LogP contribution in [0.15, 0.2) is 18.3 Å². The highest BCUT2D eigenvalue weighted by Gasteiger charge is 2.15. The number of aromatic nitrogens is 1. The molecule has 0 unspecified atom stereocenters. The van der Waals surface area contributed by atoms with Crippen LogP contribution in [0.5, 0.6) is 5.75 Å². The third-order valence-corrected chi connectivity index (χ3v) is 2.63. The monoisotopic (exact) mass is 221 g/mol. The van der Waals surface area contributed by atoms with Crippen LogP contribution >= 0.6 is 0 Å². The van der Waals surface area contributed by atoms with E-state index in [1.807, 2.05) is 18.3 Å². The normalized spacial score (nSPS) is 16.2. The number of anilines is 1. The Morgan fingerprint density at radius 1 is 1.44 bits per heavy atom. The predicted octanol–water partition coefficient (Wildman–Crippen LogP) is 1.28. The van der Waals surface area contributed by atoms with Crippen LogP contribution in [0.1, 0.15) is 13.3 Å². The Labute approximate surface area is 96.6 Å². The summed E-state index contributed by atoms with van der Waals surface area (Å²) >= 11 is 0. The zero-order valence-electron chi connectivity index (χ0n) is 9.78. The molecule has 1 aliphatic rings. The Kier molecular flexibility index (Phi) is 3.99. The van der Waals surface area contributed by atoms with Crippen LogP contribution in [0, 0.1) is 0 Å². The average molecular weight is 221 g/mol. The topological polar surface area (TPSA) is 37.4 Å². The van der Waals surface area contributed by atoms with Gasteiger partial charge in [0, 0.05) is 32.4 Å². The van der Waals surface area contributed by atoms with Crippen molar-refractivity contribution in [3.8, 4) is 5.75 Å². The first kappa shape index (κ1) is 11.2. The van der Waals surface area contributed by atoms with Crippen molar-refractivity contribution < 1.29 is 4.74 Å². The molecule has 0 atom stereocenters. The van der Waals surface area contributed by atoms with E-state index in [0.29, 0.717) is 0 Å². The Hall–Kier alpha value is -1.29. The van der Waals surface area contributed by atoms with Crippen molar-refractivity contribution in [3.63, 3.8) is 0 Å². The van der Waals surface area contributed by atoms with Crippen LogP contribution in [0.2, 0.25) is 0 Å². The number of nitrogens with zero attached hydrogens (tertiary/aromatic N) is 2. The molecule has 4 nitrogen and oxygen atoms in total. The minimum Gasteiger partial charge on any atom is -0.490 e. The SMILES string of the molecule is CCCOc1cccnc1N1CCNCC1. The van der Waals surface area contributed by atoms with Gasteiger partial charge in [-0.1, -0.05) is 6.92 Å². The Bertz CT molecular complexity index is 324. The fraction of sp³-hybridized carbons (Fsp3) is 0.583. The van der Waals surface area contributed by atoms with E-state index in [4.69, 9.17) is 4.74 Å². The molecule has 2 rings (SSSR count). The van der Waals surface area contributed by atoms with Gasteiger partial charge in [0.25, 0.3) is 0 Å². The summed E-state index contributed by atoms with van der Waals surface area (Å²) in [6, 6.07) is 3.93. The van der Waals surface area contributed by atoms with Crippen LogP contribution in [0.25, 0.3) is 0 Å². The summed E-state index contributed by atoms with van der Waals surface area (Å²) < 4.78 is 5.71. The molecule has 4 heteroatoms. The number of rotatable bonds is 4. The average Bonchev–Trinajstić information content (AvgIpc) is 2.38. The smallest absolute Gasteiger partial charge is 0.171 e. The number of nitrogens with one attached hydrogen (secondary N) is 1. The summed E-state index contributed by atoms with van der Waals surface area (Å²) in [6.45, 7) is 6.90. The molecule has 2 heterocycles. The maximum atomic E-state index is 5.71. The molecule has 1 N–H and O–H groups in total. The molecule has 1 aromatic rings. The molecule has 0 saturated carbocycles. The van der Waals surface area contributed by atoms with Crippen molar-refractivity contribution in [2.75, 3.05) is 37.7 Å². The number of pyridine rings is 1. The molecule has 1 aliphatic heterocycles. The highest BCUT2D eigenvalue weighted by Crippen LogP contribution is 2.25. The van der Waals surface area contributed by atoms with Crippen molar-refractivity contribution in [1.29, 1.82) is 0 Å². The van der Waals surface area contributed by atoms with Crippen molar-refractivity contribution in [3.05, 3.63) is 18.3 Å². The van der Waals surface area contributed by atoms with Crippen LogP contribution < -0.4 is 15.0 Å². The van der Waals surface area contributed by atoms with Gasteiger partial charge in [-0.05, 0) is 18.6 Å². The lowest BCUT2D eigenvalue weighted by Gasteiger charge is -2.29. The summed E-state index contributed by atoms with van der Waals surface area (Å²) in [4.78, 5) is 6.71. The van der Waals surface area contributed by atoms with Crippen LogP contribution in [0.3, 0.4) is 0 Å². The molecule has 0 radical (unpaired) electrons. The summed E-state index contributed by atoms with van der Waals surface area (Å²) in [5.74, 6) is 1.89. The first-order chi connectivity index (χ1) is 7.92. The van der Waals surface area contributed by atoms with Gasteiger partial charge in [0.1, 0.15) is 0 Å². The van der Waals surface area contributed by atoms with Gasteiger partial charge < -0.3 is 15.0 Å². The molecule has 88 valence electrons. The first-order valence-corrected chi connectivity index (χ1v) is 5.95. The maximum absolute atomic E-state index is 5.71. The summed E-state index contributed by atoms with van der Waals surface area (Å²) in [5.41, 5.74) is 0. The second-order valence-electron chi connectivity index (χ2n) is 3.91. The number of hydrogen-bond donors (Lipinski definition) is 1. The van der Waals surface area contributed by atoms with Crippen molar-refractivity contribution in [1.82, 2.24) is 10.3 Å². The van der Waals surface area contributed by atoms with E-state index in [1.54, 1.807) is 0 Å². The summed E-state index contributed by atoms with van der Waals surface area (Å²) in [6.07, 6.45) is 2.85. The minimum atomic E-state index is 0.755. The summed E-state index contributed by atoms with van der Waals surface area (Å²) in [5, 5.41) is 3.34. The van der Waals surface area contributed by atoms with Crippen molar-refractivity contribution in [2.24, 2.45) is 0 Å². The van der Waals surface area contributed by atoms with E-state index in [9.17, 15) is 0 Å². The zero-order chi connectivity index (χ0) is 11.2. The van der Waals surface area contributed by atoms with E-state index in [2.05, 4.69) is 22.1 Å². The zero-order valence-corrected chi connectivity index (χ0v) is 9.78. The lowest BCUT2D eigenvalue weighted by molar-refractivity contribution is 0.316. The first-order valence-electron chi connectivity index (χ1n) is 5.95. The van der Waals surface area contributed by atoms with Crippen molar-refractivity contribution >= 4 is 5.82 Å². The molecule has 0 amide bonds. The van der Waals surface area contributed by atoms with Crippen LogP contribution in [0.4, 0.5) is 5.82 Å². The Morgan fingerprint density at radius 3 is 3.00 bits per heavy atom. The molecule has 16 heavy (non-hydrogen) atoms. The molecular formula is C12H19N3O. The predicted molar refractivity (Wildman–Crippen MR) is 65.1 cm³/mol. The minimum absolute atomic E-state index is 0.755. The van der Waals surface area contributed by atoms with E-state index >= 15 is 0 Å². The fourth-order valence-electron chi connectivity index (χ4n) is 1.82. The quantitative estimate of drug-likeness (QED) is 0.831. The Morgan fingerprint density at radius 2 is 2.25 bits per heavy atom. The molecule has 0 spiro atoms. The highest BCUT2D eigenvalue weighted by molar-refractivity contribution is 5.52. The van der Waals surface area contributed by atoms with E-state index < -0.39 is 0 Å². The number of ether oxygens (including phenoxy) is 1. The third kappa shape index (κ3) is 2.64. The highest BCUT2D eigenvalue weighted by atomic mass is 16.5. The van der Waals surface area contributed by atoms with Gasteiger partial charge in [-0.15, -0.1) is 0 Å². The number of hydrogen-bond acceptors (Lipinski definition) is 4. The Balaban J connectivity index is 2.11. The molecule has 0 aromatic carbocycles. The van der Waals surface area contributed by atoms with Gasteiger partial charge in [-0.2, -0.15) is 0 Å². The van der Waals surface area contributed by atoms with Crippen LogP contribution in [-0.2, 0) is 0 Å². The van der Waals surface area contributed by atoms with Gasteiger partial charge in [0.15, 0.2) is 11.6 Å². The van der Waals surface area contributed by atoms with E-state index in [-0.39, 0.29) is 0 Å². The number of piperazine rings is 1. The van der Waals surface area contributed by atoms with E-state index in [1.165, 1.54) is 0 Å². The molecule has 1 saturated heterocycles. The van der Waals surface area contributed by atoms with Gasteiger partial charge in [-0.3, -0.25) is 0 Å². The molecule has 0 aliphatic carbocycles.